The van der Waals surface area contributed by atoms with E-state index in [0.29, 0.717) is 29.4 Å². The van der Waals surface area contributed by atoms with Crippen LogP contribution in [-0.2, 0) is 0 Å². The van der Waals surface area contributed by atoms with Gasteiger partial charge in [0.25, 0.3) is 5.91 Å². The number of hydrogen-bond acceptors (Lipinski definition) is 3. The Hall–Kier alpha value is -1.79. The van der Waals surface area contributed by atoms with Gasteiger partial charge >= 0.3 is 6.03 Å². The standard InChI is InChI=1S/C16H21ClN4O2/c1-10-13(3-2-6-18-10)20-15(22)11-4-5-12(17)14(9-11)21-8-7-19-16(21)23/h4-5,9-10,13,18H,2-3,6-8H2,1H3,(H,19,23)(H,20,22). The minimum atomic E-state index is -0.186. The monoisotopic (exact) mass is 336 g/mol. The molecule has 1 aromatic carbocycles. The van der Waals surface area contributed by atoms with E-state index in [-0.39, 0.29) is 24.0 Å². The third-order valence-electron chi connectivity index (χ3n) is 4.43. The van der Waals surface area contributed by atoms with E-state index in [1.54, 1.807) is 23.1 Å². The van der Waals surface area contributed by atoms with Gasteiger partial charge in [-0.25, -0.2) is 4.79 Å². The molecule has 2 saturated heterocycles. The molecule has 0 bridgehead atoms. The first kappa shape index (κ1) is 16.1. The zero-order valence-corrected chi connectivity index (χ0v) is 13.8. The summed E-state index contributed by atoms with van der Waals surface area (Å²) in [6, 6.07) is 5.23. The van der Waals surface area contributed by atoms with Gasteiger partial charge in [0.05, 0.1) is 10.7 Å². The van der Waals surface area contributed by atoms with Crippen molar-refractivity contribution in [1.29, 1.82) is 0 Å². The Labute approximate surface area is 140 Å². The maximum atomic E-state index is 12.5. The van der Waals surface area contributed by atoms with Crippen LogP contribution in [0, 0.1) is 0 Å². The van der Waals surface area contributed by atoms with Crippen molar-refractivity contribution in [2.75, 3.05) is 24.5 Å². The van der Waals surface area contributed by atoms with Crippen molar-refractivity contribution >= 4 is 29.2 Å². The van der Waals surface area contributed by atoms with E-state index in [4.69, 9.17) is 11.6 Å². The number of carbonyl (C=O) groups is 2. The number of amides is 3. The number of benzene rings is 1. The number of rotatable bonds is 3. The molecule has 3 amide bonds. The molecule has 2 atom stereocenters. The molecular weight excluding hydrogens is 316 g/mol. The van der Waals surface area contributed by atoms with Crippen LogP contribution in [0.25, 0.3) is 0 Å². The van der Waals surface area contributed by atoms with Crippen molar-refractivity contribution < 1.29 is 9.59 Å². The topological polar surface area (TPSA) is 73.5 Å². The van der Waals surface area contributed by atoms with Crippen LogP contribution in [0.1, 0.15) is 30.1 Å². The van der Waals surface area contributed by atoms with Gasteiger partial charge in [-0.15, -0.1) is 0 Å². The molecule has 2 heterocycles. The number of piperidine rings is 1. The Bertz CT molecular complexity index is 622. The highest BCUT2D eigenvalue weighted by atomic mass is 35.5. The lowest BCUT2D eigenvalue weighted by molar-refractivity contribution is 0.0920. The first-order valence-corrected chi connectivity index (χ1v) is 8.33. The van der Waals surface area contributed by atoms with E-state index < -0.39 is 0 Å². The third-order valence-corrected chi connectivity index (χ3v) is 4.75. The van der Waals surface area contributed by atoms with E-state index in [2.05, 4.69) is 22.9 Å². The minimum Gasteiger partial charge on any atom is -0.348 e. The van der Waals surface area contributed by atoms with Crippen molar-refractivity contribution in [3.63, 3.8) is 0 Å². The summed E-state index contributed by atoms with van der Waals surface area (Å²) in [5.74, 6) is -0.136. The smallest absolute Gasteiger partial charge is 0.322 e. The van der Waals surface area contributed by atoms with Crippen LogP contribution in [0.3, 0.4) is 0 Å². The Morgan fingerprint density at radius 2 is 2.22 bits per heavy atom. The van der Waals surface area contributed by atoms with Crippen LogP contribution < -0.4 is 20.9 Å². The fraction of sp³-hybridized carbons (Fsp3) is 0.500. The molecule has 23 heavy (non-hydrogen) atoms. The predicted octanol–water partition coefficient (Wildman–Crippen LogP) is 1.74. The third kappa shape index (κ3) is 3.43. The molecule has 7 heteroatoms. The number of halogens is 1. The number of nitrogens with zero attached hydrogens (tertiary/aromatic N) is 1. The number of hydrogen-bond donors (Lipinski definition) is 3. The van der Waals surface area contributed by atoms with Gasteiger partial charge in [0.2, 0.25) is 0 Å². The van der Waals surface area contributed by atoms with E-state index in [1.807, 2.05) is 0 Å². The average Bonchev–Trinajstić information content (AvgIpc) is 2.96. The van der Waals surface area contributed by atoms with Crippen molar-refractivity contribution in [3.8, 4) is 0 Å². The second-order valence-electron chi connectivity index (χ2n) is 6.01. The molecule has 0 aromatic heterocycles. The van der Waals surface area contributed by atoms with Crippen LogP contribution in [-0.4, -0.2) is 43.7 Å². The van der Waals surface area contributed by atoms with E-state index in [0.717, 1.165) is 19.4 Å². The summed E-state index contributed by atoms with van der Waals surface area (Å²) in [4.78, 5) is 25.9. The lowest BCUT2D eigenvalue weighted by Crippen LogP contribution is -2.51. The summed E-state index contributed by atoms with van der Waals surface area (Å²) in [7, 11) is 0. The summed E-state index contributed by atoms with van der Waals surface area (Å²) in [5.41, 5.74) is 1.09. The van der Waals surface area contributed by atoms with Gasteiger partial charge in [0, 0.05) is 30.7 Å². The van der Waals surface area contributed by atoms with Crippen LogP contribution in [0.2, 0.25) is 5.02 Å². The summed E-state index contributed by atoms with van der Waals surface area (Å²) >= 11 is 6.20. The number of carbonyl (C=O) groups excluding carboxylic acids is 2. The first-order valence-electron chi connectivity index (χ1n) is 7.95. The average molecular weight is 337 g/mol. The predicted molar refractivity (Wildman–Crippen MR) is 90.1 cm³/mol. The van der Waals surface area contributed by atoms with Crippen molar-refractivity contribution in [3.05, 3.63) is 28.8 Å². The second kappa shape index (κ2) is 6.76. The fourth-order valence-electron chi connectivity index (χ4n) is 3.06. The Morgan fingerprint density at radius 3 is 2.91 bits per heavy atom. The highest BCUT2D eigenvalue weighted by molar-refractivity contribution is 6.34. The zero-order chi connectivity index (χ0) is 16.4. The van der Waals surface area contributed by atoms with Crippen LogP contribution in [0.4, 0.5) is 10.5 Å². The van der Waals surface area contributed by atoms with Gasteiger partial charge in [-0.2, -0.15) is 0 Å². The molecule has 0 spiro atoms. The first-order chi connectivity index (χ1) is 11.1. The molecule has 0 saturated carbocycles. The van der Waals surface area contributed by atoms with E-state index in [9.17, 15) is 9.59 Å². The van der Waals surface area contributed by atoms with Gasteiger partial charge in [-0.3, -0.25) is 9.69 Å². The maximum Gasteiger partial charge on any atom is 0.322 e. The van der Waals surface area contributed by atoms with Gasteiger partial charge < -0.3 is 16.0 Å². The lowest BCUT2D eigenvalue weighted by Gasteiger charge is -2.30. The Kier molecular flexibility index (Phi) is 4.73. The molecular formula is C16H21ClN4O2. The molecule has 124 valence electrons. The van der Waals surface area contributed by atoms with Crippen LogP contribution in [0.5, 0.6) is 0 Å². The van der Waals surface area contributed by atoms with Crippen molar-refractivity contribution in [2.45, 2.75) is 31.8 Å². The fourth-order valence-corrected chi connectivity index (χ4v) is 3.27. The molecule has 2 aliphatic heterocycles. The molecule has 3 N–H and O–H groups in total. The van der Waals surface area contributed by atoms with E-state index in [1.165, 1.54) is 0 Å². The highest BCUT2D eigenvalue weighted by Gasteiger charge is 2.26. The summed E-state index contributed by atoms with van der Waals surface area (Å²) < 4.78 is 0. The largest absolute Gasteiger partial charge is 0.348 e. The molecule has 3 rings (SSSR count). The van der Waals surface area contributed by atoms with Gasteiger partial charge in [-0.1, -0.05) is 11.6 Å². The number of urea groups is 1. The minimum absolute atomic E-state index is 0.116. The SMILES string of the molecule is CC1NCCCC1NC(=O)c1ccc(Cl)c(N2CCNC2=O)c1. The van der Waals surface area contributed by atoms with Crippen LogP contribution >= 0.6 is 11.6 Å². The molecule has 6 nitrogen and oxygen atoms in total. The van der Waals surface area contributed by atoms with Crippen LogP contribution in [0.15, 0.2) is 18.2 Å². The normalized spacial score (nSPS) is 24.4. The van der Waals surface area contributed by atoms with E-state index >= 15 is 0 Å². The Morgan fingerprint density at radius 1 is 1.39 bits per heavy atom. The molecule has 2 aliphatic rings. The van der Waals surface area contributed by atoms with Gasteiger partial charge in [0.15, 0.2) is 0 Å². The summed E-state index contributed by atoms with van der Waals surface area (Å²) in [5, 5.41) is 9.63. The number of nitrogens with one attached hydrogen (secondary N) is 3. The van der Waals surface area contributed by atoms with Crippen molar-refractivity contribution in [1.82, 2.24) is 16.0 Å². The van der Waals surface area contributed by atoms with Gasteiger partial charge in [0.1, 0.15) is 0 Å². The zero-order valence-electron chi connectivity index (χ0n) is 13.1. The summed E-state index contributed by atoms with van der Waals surface area (Å²) in [6.07, 6.45) is 2.02. The van der Waals surface area contributed by atoms with Gasteiger partial charge in [-0.05, 0) is 44.5 Å². The quantitative estimate of drug-likeness (QED) is 0.787. The molecule has 0 radical (unpaired) electrons. The molecule has 2 unspecified atom stereocenters. The summed E-state index contributed by atoms with van der Waals surface area (Å²) in [6.45, 7) is 4.19. The van der Waals surface area contributed by atoms with Crippen molar-refractivity contribution in [2.24, 2.45) is 0 Å². The maximum absolute atomic E-state index is 12.5. The second-order valence-corrected chi connectivity index (χ2v) is 6.42. The highest BCUT2D eigenvalue weighted by Crippen LogP contribution is 2.28. The lowest BCUT2D eigenvalue weighted by atomic mass is 9.99. The molecule has 2 fully saturated rings. The molecule has 0 aliphatic carbocycles. The Balaban J connectivity index is 1.77. The molecule has 1 aromatic rings. The number of anilines is 1.